The highest BCUT2D eigenvalue weighted by Gasteiger charge is 2.61. The molecule has 11 nitrogen and oxygen atoms in total. The maximum absolute atomic E-state index is 14.2. The molecule has 242 valence electrons. The lowest BCUT2D eigenvalue weighted by Crippen LogP contribution is -2.57. The second kappa shape index (κ2) is 12.5. The minimum absolute atomic E-state index is 0.00891. The number of aliphatic carboxylic acids is 1. The lowest BCUT2D eigenvalue weighted by atomic mass is 10.0. The SMILES string of the molecule is C=C[C@@H]1C[C@@]1(NC(=O)[C@@H]1C[C@@H](ON=C2c3ccccc3-c3ccccc32)CN1C(=O)[C@@H](C(C)C)N(O)C(=O)c1ccccc1)C(=O)O. The number of hydrogen-bond acceptors (Lipinski definition) is 7. The van der Waals surface area contributed by atoms with E-state index in [0.717, 1.165) is 22.3 Å². The smallest absolute Gasteiger partial charge is 0.330 e. The van der Waals surface area contributed by atoms with Gasteiger partial charge < -0.3 is 20.2 Å². The third-order valence-corrected chi connectivity index (χ3v) is 9.20. The van der Waals surface area contributed by atoms with Gasteiger partial charge in [0.15, 0.2) is 0 Å². The van der Waals surface area contributed by atoms with E-state index < -0.39 is 59.3 Å². The van der Waals surface area contributed by atoms with E-state index in [1.165, 1.54) is 23.1 Å². The number of likely N-dealkylation sites (tertiary alicyclic amines) is 1. The van der Waals surface area contributed by atoms with Crippen molar-refractivity contribution < 1.29 is 34.3 Å². The van der Waals surface area contributed by atoms with Crippen LogP contribution >= 0.6 is 0 Å². The zero-order valence-corrected chi connectivity index (χ0v) is 26.1. The van der Waals surface area contributed by atoms with Gasteiger partial charge in [-0.25, -0.2) is 9.86 Å². The van der Waals surface area contributed by atoms with Crippen molar-refractivity contribution in [2.24, 2.45) is 17.0 Å². The minimum atomic E-state index is -1.52. The number of nitrogens with one attached hydrogen (secondary N) is 1. The summed E-state index contributed by atoms with van der Waals surface area (Å²) < 4.78 is 0. The number of benzene rings is 3. The number of carboxylic acid groups (broad SMARTS) is 1. The van der Waals surface area contributed by atoms with Gasteiger partial charge in [-0.3, -0.25) is 19.6 Å². The van der Waals surface area contributed by atoms with Gasteiger partial charge in [-0.15, -0.1) is 6.58 Å². The van der Waals surface area contributed by atoms with Crippen LogP contribution in [0.1, 0.15) is 48.2 Å². The van der Waals surface area contributed by atoms with Crippen LogP contribution in [0.2, 0.25) is 0 Å². The van der Waals surface area contributed by atoms with E-state index in [1.807, 2.05) is 48.5 Å². The van der Waals surface area contributed by atoms with E-state index in [0.29, 0.717) is 10.8 Å². The molecule has 11 heteroatoms. The Balaban J connectivity index is 1.29. The molecule has 1 saturated carbocycles. The first-order chi connectivity index (χ1) is 22.6. The first-order valence-electron chi connectivity index (χ1n) is 15.6. The number of oxime groups is 1. The summed E-state index contributed by atoms with van der Waals surface area (Å²) in [4.78, 5) is 60.7. The fourth-order valence-corrected chi connectivity index (χ4v) is 6.59. The Labute approximate surface area is 272 Å². The zero-order chi connectivity index (χ0) is 33.5. The average Bonchev–Trinajstić information content (AvgIpc) is 3.47. The van der Waals surface area contributed by atoms with Crippen LogP contribution in [0.4, 0.5) is 0 Å². The van der Waals surface area contributed by atoms with Gasteiger partial charge in [0.05, 0.1) is 6.54 Å². The number of carbonyl (C=O) groups excluding carboxylic acids is 3. The molecule has 3 amide bonds. The van der Waals surface area contributed by atoms with E-state index >= 15 is 0 Å². The predicted molar refractivity (Wildman–Crippen MR) is 172 cm³/mol. The summed E-state index contributed by atoms with van der Waals surface area (Å²) in [5.74, 6) is -4.33. The Morgan fingerprint density at radius 1 is 0.979 bits per heavy atom. The molecule has 3 aromatic carbocycles. The fourth-order valence-electron chi connectivity index (χ4n) is 6.59. The number of amides is 3. The standard InChI is InChI=1S/C36H36N4O7/c1-4-23-19-36(23,35(44)45)37-32(41)29-18-24(47-38-30-27-16-10-8-14-25(27)26-15-9-11-17-28(26)30)20-39(29)34(43)31(21(2)3)40(46)33(42)22-12-6-5-7-13-22/h4-17,21,23-24,29,31,46H,1,18-20H2,2-3H3,(H,37,41)(H,44,45)/t23-,24-,29+,31-,36+/m1/s1. The number of hydroxylamine groups is 2. The normalized spacial score (nSPS) is 22.9. The lowest BCUT2D eigenvalue weighted by Gasteiger charge is -2.34. The molecular formula is C36H36N4O7. The summed E-state index contributed by atoms with van der Waals surface area (Å²) in [7, 11) is 0. The minimum Gasteiger partial charge on any atom is -0.479 e. The van der Waals surface area contributed by atoms with Crippen LogP contribution in [-0.4, -0.2) is 80.0 Å². The summed E-state index contributed by atoms with van der Waals surface area (Å²) in [6.07, 6.45) is 0.922. The molecule has 3 aliphatic rings. The van der Waals surface area contributed by atoms with E-state index in [1.54, 1.807) is 32.0 Å². The van der Waals surface area contributed by atoms with Gasteiger partial charge in [0.1, 0.15) is 29.4 Å². The highest BCUT2D eigenvalue weighted by molar-refractivity contribution is 6.24. The van der Waals surface area contributed by atoms with E-state index in [4.69, 9.17) is 4.84 Å². The summed E-state index contributed by atoms with van der Waals surface area (Å²) in [6, 6.07) is 21.2. The number of carbonyl (C=O) groups is 4. The van der Waals surface area contributed by atoms with Crippen LogP contribution in [0.15, 0.2) is 96.7 Å². The number of nitrogens with zero attached hydrogens (tertiary/aromatic N) is 3. The van der Waals surface area contributed by atoms with Crippen molar-refractivity contribution in [3.8, 4) is 11.1 Å². The highest BCUT2D eigenvalue weighted by Crippen LogP contribution is 2.45. The Morgan fingerprint density at radius 3 is 2.09 bits per heavy atom. The molecule has 0 spiro atoms. The van der Waals surface area contributed by atoms with E-state index in [9.17, 15) is 29.5 Å². The molecule has 2 fully saturated rings. The molecule has 0 bridgehead atoms. The molecule has 6 rings (SSSR count). The van der Waals surface area contributed by atoms with E-state index in [2.05, 4.69) is 17.1 Å². The van der Waals surface area contributed by atoms with Crippen LogP contribution in [0.25, 0.3) is 11.1 Å². The molecule has 3 N–H and O–H groups in total. The Hall–Kier alpha value is -5.29. The van der Waals surface area contributed by atoms with Crippen LogP contribution in [-0.2, 0) is 19.2 Å². The quantitative estimate of drug-likeness (QED) is 0.135. The van der Waals surface area contributed by atoms with Crippen LogP contribution in [0.5, 0.6) is 0 Å². The Morgan fingerprint density at radius 2 is 1.55 bits per heavy atom. The molecular weight excluding hydrogens is 600 g/mol. The molecule has 1 aliphatic heterocycles. The summed E-state index contributed by atoms with van der Waals surface area (Å²) in [5, 5.41) is 28.6. The van der Waals surface area contributed by atoms with Crippen molar-refractivity contribution in [2.45, 2.75) is 50.4 Å². The van der Waals surface area contributed by atoms with Gasteiger partial charge in [-0.05, 0) is 35.6 Å². The lowest BCUT2D eigenvalue weighted by molar-refractivity contribution is -0.159. The van der Waals surface area contributed by atoms with Gasteiger partial charge in [0.25, 0.3) is 5.91 Å². The van der Waals surface area contributed by atoms with E-state index in [-0.39, 0.29) is 24.9 Å². The molecule has 0 aromatic heterocycles. The third kappa shape index (κ3) is 5.67. The largest absolute Gasteiger partial charge is 0.479 e. The van der Waals surface area contributed by atoms with Crippen molar-refractivity contribution in [1.82, 2.24) is 15.3 Å². The highest BCUT2D eigenvalue weighted by atomic mass is 16.6. The van der Waals surface area contributed by atoms with Gasteiger partial charge >= 0.3 is 5.97 Å². The third-order valence-electron chi connectivity index (χ3n) is 9.20. The van der Waals surface area contributed by atoms with Gasteiger partial charge in [0.2, 0.25) is 11.8 Å². The number of rotatable bonds is 10. The van der Waals surface area contributed by atoms with Crippen molar-refractivity contribution in [1.29, 1.82) is 0 Å². The fraction of sp³-hybridized carbons (Fsp3) is 0.306. The topological polar surface area (TPSA) is 149 Å². The number of carboxylic acids is 1. The predicted octanol–water partition coefficient (Wildman–Crippen LogP) is 4.11. The van der Waals surface area contributed by atoms with Gasteiger partial charge in [0, 0.05) is 29.0 Å². The Bertz CT molecular complexity index is 1730. The second-order valence-corrected chi connectivity index (χ2v) is 12.5. The Kier molecular flexibility index (Phi) is 8.42. The second-order valence-electron chi connectivity index (χ2n) is 12.5. The van der Waals surface area contributed by atoms with Crippen molar-refractivity contribution in [3.05, 3.63) is 108 Å². The maximum atomic E-state index is 14.2. The molecule has 0 radical (unpaired) electrons. The molecule has 5 atom stereocenters. The van der Waals surface area contributed by atoms with Crippen molar-refractivity contribution in [3.63, 3.8) is 0 Å². The summed E-state index contributed by atoms with van der Waals surface area (Å²) in [6.45, 7) is 6.96. The van der Waals surface area contributed by atoms with Gasteiger partial charge in [-0.2, -0.15) is 0 Å². The molecule has 2 aliphatic carbocycles. The number of fused-ring (bicyclic) bond motifs is 3. The average molecular weight is 637 g/mol. The monoisotopic (exact) mass is 636 g/mol. The first-order valence-corrected chi connectivity index (χ1v) is 15.6. The van der Waals surface area contributed by atoms with Gasteiger partial charge in [-0.1, -0.05) is 91.8 Å². The maximum Gasteiger partial charge on any atom is 0.330 e. The molecule has 1 heterocycles. The number of hydrogen-bond donors (Lipinski definition) is 3. The van der Waals surface area contributed by atoms with Crippen LogP contribution in [0, 0.1) is 11.8 Å². The van der Waals surface area contributed by atoms with Crippen LogP contribution in [0.3, 0.4) is 0 Å². The molecule has 3 aromatic rings. The molecule has 1 saturated heterocycles. The summed E-state index contributed by atoms with van der Waals surface area (Å²) in [5.41, 5.74) is 3.08. The van der Waals surface area contributed by atoms with Crippen molar-refractivity contribution >= 4 is 29.4 Å². The zero-order valence-electron chi connectivity index (χ0n) is 26.1. The first kappa shape index (κ1) is 31.7. The molecule has 0 unspecified atom stereocenters. The van der Waals surface area contributed by atoms with Crippen LogP contribution < -0.4 is 5.32 Å². The summed E-state index contributed by atoms with van der Waals surface area (Å²) >= 11 is 0. The van der Waals surface area contributed by atoms with Crippen molar-refractivity contribution in [2.75, 3.05) is 6.54 Å². The molecule has 47 heavy (non-hydrogen) atoms.